The predicted octanol–water partition coefficient (Wildman–Crippen LogP) is 5.72. The smallest absolute Gasteiger partial charge is 0.140 e. The lowest BCUT2D eigenvalue weighted by molar-refractivity contribution is -0.123. The van der Waals surface area contributed by atoms with E-state index in [0.717, 1.165) is 42.1 Å². The van der Waals surface area contributed by atoms with Crippen LogP contribution in [0.15, 0.2) is 48.8 Å². The number of hydrogen-bond acceptors (Lipinski definition) is 3. The van der Waals surface area contributed by atoms with Crippen molar-refractivity contribution in [3.05, 3.63) is 71.4 Å². The molecule has 2 saturated carbocycles. The minimum atomic E-state index is -0.207. The summed E-state index contributed by atoms with van der Waals surface area (Å²) in [5, 5.41) is 0.946. The molecule has 3 aromatic rings. The third-order valence-electron chi connectivity index (χ3n) is 7.80. The second-order valence-electron chi connectivity index (χ2n) is 9.61. The van der Waals surface area contributed by atoms with Gasteiger partial charge in [-0.2, -0.15) is 0 Å². The number of rotatable bonds is 5. The Kier molecular flexibility index (Phi) is 5.51. The molecule has 2 heterocycles. The van der Waals surface area contributed by atoms with Crippen LogP contribution >= 0.6 is 0 Å². The second-order valence-corrected chi connectivity index (χ2v) is 9.61. The maximum atomic E-state index is 13.9. The van der Waals surface area contributed by atoms with Gasteiger partial charge in [-0.15, -0.1) is 6.42 Å². The van der Waals surface area contributed by atoms with Gasteiger partial charge in [0.25, 0.3) is 0 Å². The highest BCUT2D eigenvalue weighted by atomic mass is 19.1. The van der Waals surface area contributed by atoms with E-state index in [-0.39, 0.29) is 17.5 Å². The van der Waals surface area contributed by atoms with Crippen LogP contribution < -0.4 is 0 Å². The quantitative estimate of drug-likeness (QED) is 0.490. The Morgan fingerprint density at radius 3 is 2.59 bits per heavy atom. The zero-order valence-corrected chi connectivity index (χ0v) is 18.3. The Bertz CT molecular complexity index is 1180. The van der Waals surface area contributed by atoms with Gasteiger partial charge in [0, 0.05) is 30.1 Å². The van der Waals surface area contributed by atoms with Crippen LogP contribution in [0, 0.1) is 41.8 Å². The molecule has 0 radical (unpaired) electrons. The van der Waals surface area contributed by atoms with E-state index in [0.29, 0.717) is 35.8 Å². The molecule has 3 nitrogen and oxygen atoms in total. The molecule has 3 unspecified atom stereocenters. The van der Waals surface area contributed by atoms with Crippen LogP contribution in [0.4, 0.5) is 4.39 Å². The van der Waals surface area contributed by atoms with Crippen molar-refractivity contribution in [2.45, 2.75) is 44.9 Å². The summed E-state index contributed by atoms with van der Waals surface area (Å²) in [6.45, 7) is 2.09. The van der Waals surface area contributed by atoms with E-state index in [2.05, 4.69) is 28.9 Å². The number of Topliss-reactive ketones (excluding diaryl/α,β-unsaturated/α-hetero) is 1. The fourth-order valence-electron chi connectivity index (χ4n) is 6.06. The van der Waals surface area contributed by atoms with Gasteiger partial charge in [0.2, 0.25) is 0 Å². The van der Waals surface area contributed by atoms with Crippen LogP contribution in [0.1, 0.15) is 55.3 Å². The van der Waals surface area contributed by atoms with Crippen LogP contribution in [-0.4, -0.2) is 15.8 Å². The Hall–Kier alpha value is -3.06. The number of nitrogens with zero attached hydrogens (tertiary/aromatic N) is 2. The minimum Gasteiger partial charge on any atom is -0.299 e. The highest BCUT2D eigenvalue weighted by Gasteiger charge is 2.44. The van der Waals surface area contributed by atoms with Crippen molar-refractivity contribution in [1.29, 1.82) is 0 Å². The summed E-state index contributed by atoms with van der Waals surface area (Å²) >= 11 is 0. The molecule has 2 aliphatic carbocycles. The maximum Gasteiger partial charge on any atom is 0.140 e. The van der Waals surface area contributed by atoms with E-state index < -0.39 is 0 Å². The molecule has 2 aliphatic rings. The molecule has 0 aliphatic heterocycles. The molecule has 5 rings (SSSR count). The predicted molar refractivity (Wildman–Crippen MR) is 123 cm³/mol. The number of halogens is 1. The van der Waals surface area contributed by atoms with Gasteiger partial charge in [-0.3, -0.25) is 9.78 Å². The zero-order valence-electron chi connectivity index (χ0n) is 18.3. The summed E-state index contributed by atoms with van der Waals surface area (Å²) in [5.41, 5.74) is 3.61. The second kappa shape index (κ2) is 8.47. The van der Waals surface area contributed by atoms with E-state index in [4.69, 9.17) is 6.42 Å². The summed E-state index contributed by atoms with van der Waals surface area (Å²) in [4.78, 5) is 21.5. The Morgan fingerprint density at radius 1 is 1.12 bits per heavy atom. The van der Waals surface area contributed by atoms with E-state index in [9.17, 15) is 9.18 Å². The Balaban J connectivity index is 1.23. The largest absolute Gasteiger partial charge is 0.299 e. The van der Waals surface area contributed by atoms with Gasteiger partial charge in [-0.25, -0.2) is 9.37 Å². The lowest BCUT2D eigenvalue weighted by atomic mass is 9.83. The SMILES string of the molecule is C#Cc1ccc(CC(=O)C(C)C2C[C@H]3CC(c4ccnc5ccc(F)cc45)C[C@H]3C2)cn1. The first-order valence-electron chi connectivity index (χ1n) is 11.5. The number of carbonyl (C=O) groups is 1. The van der Waals surface area contributed by atoms with Gasteiger partial charge in [-0.1, -0.05) is 18.9 Å². The fourth-order valence-corrected chi connectivity index (χ4v) is 6.06. The number of benzene rings is 1. The van der Waals surface area contributed by atoms with E-state index in [1.807, 2.05) is 12.3 Å². The molecule has 0 spiro atoms. The van der Waals surface area contributed by atoms with Crippen molar-refractivity contribution in [2.75, 3.05) is 0 Å². The first-order valence-corrected chi connectivity index (χ1v) is 11.5. The number of terminal acetylenes is 1. The molecule has 1 aromatic carbocycles. The third-order valence-corrected chi connectivity index (χ3v) is 7.80. The van der Waals surface area contributed by atoms with Gasteiger partial charge < -0.3 is 0 Å². The van der Waals surface area contributed by atoms with Gasteiger partial charge in [-0.05, 0) is 90.8 Å². The van der Waals surface area contributed by atoms with Crippen molar-refractivity contribution in [3.63, 3.8) is 0 Å². The van der Waals surface area contributed by atoms with Gasteiger partial charge in [0.15, 0.2) is 0 Å². The van der Waals surface area contributed by atoms with Crippen molar-refractivity contribution >= 4 is 16.7 Å². The van der Waals surface area contributed by atoms with Crippen molar-refractivity contribution in [3.8, 4) is 12.3 Å². The number of pyridine rings is 2. The molecular formula is C28H27FN2O. The lowest BCUT2D eigenvalue weighted by Gasteiger charge is -2.21. The average molecular weight is 427 g/mol. The molecule has 0 bridgehead atoms. The Morgan fingerprint density at radius 2 is 1.91 bits per heavy atom. The molecule has 4 heteroatoms. The van der Waals surface area contributed by atoms with E-state index in [1.165, 1.54) is 11.6 Å². The molecule has 0 amide bonds. The summed E-state index contributed by atoms with van der Waals surface area (Å²) in [6, 6.07) is 10.6. The number of hydrogen-bond donors (Lipinski definition) is 0. The molecule has 162 valence electrons. The normalized spacial score (nSPS) is 25.4. The summed E-state index contributed by atoms with van der Waals surface area (Å²) in [5.74, 6) is 4.84. The van der Waals surface area contributed by atoms with Gasteiger partial charge in [0.1, 0.15) is 17.3 Å². The number of carbonyl (C=O) groups excluding carboxylic acids is 1. The monoisotopic (exact) mass is 426 g/mol. The van der Waals surface area contributed by atoms with E-state index in [1.54, 1.807) is 24.4 Å². The molecule has 2 fully saturated rings. The zero-order chi connectivity index (χ0) is 22.2. The fraction of sp³-hybridized carbons (Fsp3) is 0.393. The van der Waals surface area contributed by atoms with Crippen LogP contribution in [0.25, 0.3) is 10.9 Å². The van der Waals surface area contributed by atoms with Crippen molar-refractivity contribution in [1.82, 2.24) is 9.97 Å². The van der Waals surface area contributed by atoms with Crippen LogP contribution in [0.5, 0.6) is 0 Å². The highest BCUT2D eigenvalue weighted by molar-refractivity contribution is 5.83. The number of ketones is 1. The number of aromatic nitrogens is 2. The molecular weight excluding hydrogens is 399 g/mol. The molecule has 2 aromatic heterocycles. The third kappa shape index (κ3) is 3.93. The first kappa shape index (κ1) is 20.8. The van der Waals surface area contributed by atoms with Crippen LogP contribution in [0.3, 0.4) is 0 Å². The average Bonchev–Trinajstić information content (AvgIpc) is 3.38. The maximum absolute atomic E-state index is 13.9. The van der Waals surface area contributed by atoms with Gasteiger partial charge >= 0.3 is 0 Å². The van der Waals surface area contributed by atoms with Gasteiger partial charge in [0.05, 0.1) is 5.52 Å². The van der Waals surface area contributed by atoms with E-state index >= 15 is 0 Å². The summed E-state index contributed by atoms with van der Waals surface area (Å²) in [6.07, 6.45) is 13.8. The summed E-state index contributed by atoms with van der Waals surface area (Å²) < 4.78 is 13.9. The molecule has 5 atom stereocenters. The lowest BCUT2D eigenvalue weighted by Crippen LogP contribution is -2.21. The molecule has 0 N–H and O–H groups in total. The molecule has 32 heavy (non-hydrogen) atoms. The summed E-state index contributed by atoms with van der Waals surface area (Å²) in [7, 11) is 0. The first-order chi connectivity index (χ1) is 15.5. The number of fused-ring (bicyclic) bond motifs is 2. The standard InChI is InChI=1S/C28H27FN2O/c1-3-24-6-4-18(16-31-24)10-28(32)17(2)19-11-20-13-22(14-21(20)12-19)25-8-9-30-27-7-5-23(29)15-26(25)27/h1,4-9,15-17,19-22H,10-14H2,2H3/t17?,19?,20-,21+,22?. The Labute approximate surface area is 188 Å². The highest BCUT2D eigenvalue weighted by Crippen LogP contribution is 2.54. The topological polar surface area (TPSA) is 42.9 Å². The van der Waals surface area contributed by atoms with Crippen LogP contribution in [0.2, 0.25) is 0 Å². The van der Waals surface area contributed by atoms with Crippen molar-refractivity contribution in [2.24, 2.45) is 23.7 Å². The van der Waals surface area contributed by atoms with Crippen LogP contribution in [-0.2, 0) is 11.2 Å². The van der Waals surface area contributed by atoms with Crippen molar-refractivity contribution < 1.29 is 9.18 Å². The minimum absolute atomic E-state index is 0.0576. The molecule has 0 saturated heterocycles.